The Hall–Kier alpha value is -5.46. The van der Waals surface area contributed by atoms with Crippen LogP contribution in [0, 0.1) is 27.7 Å². The Morgan fingerprint density at radius 3 is 1.06 bits per heavy atom. The van der Waals surface area contributed by atoms with Gasteiger partial charge >= 0.3 is 0 Å². The first-order valence-corrected chi connectivity index (χ1v) is 19.5. The molecule has 0 amide bonds. The number of rotatable bonds is 7. The molecule has 0 nitrogen and oxygen atoms in total. The van der Waals surface area contributed by atoms with Crippen molar-refractivity contribution in [2.24, 2.45) is 0 Å². The highest BCUT2D eigenvalue weighted by Crippen LogP contribution is 2.62. The lowest BCUT2D eigenvalue weighted by molar-refractivity contribution is 0.756. The molecule has 0 heteroatoms. The molecule has 0 spiro atoms. The van der Waals surface area contributed by atoms with Crippen LogP contribution in [0.25, 0.3) is 22.3 Å². The van der Waals surface area contributed by atoms with Gasteiger partial charge in [0.05, 0.1) is 10.8 Å². The second kappa shape index (κ2) is 12.6. The third-order valence-electron chi connectivity index (χ3n) is 12.4. The number of benzene rings is 7. The van der Waals surface area contributed by atoms with Gasteiger partial charge in [0, 0.05) is 0 Å². The second-order valence-corrected chi connectivity index (χ2v) is 15.8. The average molecular weight is 685 g/mol. The molecule has 0 radical (unpaired) electrons. The second-order valence-electron chi connectivity index (χ2n) is 15.8. The Balaban J connectivity index is 1.43. The van der Waals surface area contributed by atoms with E-state index >= 15 is 0 Å². The molecule has 0 N–H and O–H groups in total. The summed E-state index contributed by atoms with van der Waals surface area (Å²) >= 11 is 0. The van der Waals surface area contributed by atoms with Crippen molar-refractivity contribution in [1.29, 1.82) is 0 Å². The van der Waals surface area contributed by atoms with E-state index < -0.39 is 10.8 Å². The van der Waals surface area contributed by atoms with E-state index in [9.17, 15) is 0 Å². The fraction of sp³-hybridized carbons (Fsp3) is 0.208. The minimum absolute atomic E-state index is 0.465. The van der Waals surface area contributed by atoms with Gasteiger partial charge in [-0.15, -0.1) is 0 Å². The highest BCUT2D eigenvalue weighted by Gasteiger charge is 2.51. The van der Waals surface area contributed by atoms with Crippen molar-refractivity contribution in [1.82, 2.24) is 0 Å². The van der Waals surface area contributed by atoms with Gasteiger partial charge in [0.15, 0.2) is 0 Å². The lowest BCUT2D eigenvalue weighted by Crippen LogP contribution is -2.30. The summed E-state index contributed by atoms with van der Waals surface area (Å²) in [6.45, 7) is 13.4. The van der Waals surface area contributed by atoms with E-state index in [1.807, 2.05) is 0 Å². The third-order valence-corrected chi connectivity index (χ3v) is 12.4. The third kappa shape index (κ3) is 4.88. The highest BCUT2D eigenvalue weighted by molar-refractivity contribution is 5.94. The van der Waals surface area contributed by atoms with Crippen molar-refractivity contribution in [3.63, 3.8) is 0 Å². The van der Waals surface area contributed by atoms with Crippen LogP contribution in [0.1, 0.15) is 98.2 Å². The maximum atomic E-state index is 2.60. The summed E-state index contributed by atoms with van der Waals surface area (Å²) < 4.78 is 0. The zero-order valence-electron chi connectivity index (χ0n) is 32.0. The summed E-state index contributed by atoms with van der Waals surface area (Å²) in [7, 11) is 0. The van der Waals surface area contributed by atoms with Crippen LogP contribution < -0.4 is 0 Å². The molecule has 0 aliphatic heterocycles. The van der Waals surface area contributed by atoms with Crippen LogP contribution in [0.4, 0.5) is 0 Å². The molecule has 0 aromatic heterocycles. The van der Waals surface area contributed by atoms with E-state index in [0.717, 1.165) is 19.3 Å². The maximum Gasteiger partial charge on any atom is 0.0713 e. The standard InChI is InChI=1S/C53H48/c1-7-9-39-18-26-43(27-19-39)53(41-22-12-35(4)13-23-41)49-31-37(6)15-29-45(49)47-32-50-46(33-51(47)53)44-28-14-36(5)30-48(44)52(50,40-20-10-34(3)11-21-40)42-24-16-38(8-2)17-25-42/h10-33H,7-9H2,1-6H3. The molecule has 0 saturated carbocycles. The lowest BCUT2D eigenvalue weighted by atomic mass is 9.65. The Labute approximate surface area is 316 Å². The summed E-state index contributed by atoms with van der Waals surface area (Å²) in [6.07, 6.45) is 3.25. The van der Waals surface area contributed by atoms with E-state index in [2.05, 4.69) is 187 Å². The molecule has 2 aliphatic rings. The van der Waals surface area contributed by atoms with E-state index in [0.29, 0.717) is 0 Å². The molecule has 7 aromatic carbocycles. The van der Waals surface area contributed by atoms with Crippen LogP contribution in [0.5, 0.6) is 0 Å². The largest absolute Gasteiger partial charge is 0.0713 e. The van der Waals surface area contributed by atoms with Gasteiger partial charge in [0.1, 0.15) is 0 Å². The minimum Gasteiger partial charge on any atom is -0.0651 e. The van der Waals surface area contributed by atoms with Gasteiger partial charge in [0.2, 0.25) is 0 Å². The van der Waals surface area contributed by atoms with Crippen LogP contribution in [0.3, 0.4) is 0 Å². The highest BCUT2D eigenvalue weighted by atomic mass is 14.5. The molecule has 53 heavy (non-hydrogen) atoms. The fourth-order valence-corrected chi connectivity index (χ4v) is 9.75. The summed E-state index contributed by atoms with van der Waals surface area (Å²) in [5, 5.41) is 0. The topological polar surface area (TPSA) is 0 Å². The molecule has 0 bridgehead atoms. The Bertz CT molecular complexity index is 2490. The minimum atomic E-state index is -0.465. The Morgan fingerprint density at radius 2 is 0.679 bits per heavy atom. The van der Waals surface area contributed by atoms with Gasteiger partial charge in [0.25, 0.3) is 0 Å². The van der Waals surface area contributed by atoms with E-state index in [4.69, 9.17) is 0 Å². The smallest absolute Gasteiger partial charge is 0.0651 e. The summed E-state index contributed by atoms with van der Waals surface area (Å²) in [4.78, 5) is 0. The van der Waals surface area contributed by atoms with Crippen LogP contribution >= 0.6 is 0 Å². The summed E-state index contributed by atoms with van der Waals surface area (Å²) in [5.41, 5.74) is 23.1. The molecule has 2 unspecified atom stereocenters. The molecular formula is C53H48. The van der Waals surface area contributed by atoms with Gasteiger partial charge in [-0.3, -0.25) is 0 Å². The lowest BCUT2D eigenvalue weighted by Gasteiger charge is -2.36. The van der Waals surface area contributed by atoms with Crippen LogP contribution in [0.15, 0.2) is 146 Å². The predicted molar refractivity (Wildman–Crippen MR) is 223 cm³/mol. The summed E-state index contributed by atoms with van der Waals surface area (Å²) in [5.74, 6) is 0. The monoisotopic (exact) mass is 684 g/mol. The zero-order valence-corrected chi connectivity index (χ0v) is 32.0. The Morgan fingerprint density at radius 1 is 0.340 bits per heavy atom. The molecular weight excluding hydrogens is 637 g/mol. The normalized spacial score (nSPS) is 18.0. The molecule has 2 aliphatic carbocycles. The van der Waals surface area contributed by atoms with Crippen molar-refractivity contribution >= 4 is 0 Å². The number of fused-ring (bicyclic) bond motifs is 6. The van der Waals surface area contributed by atoms with Crippen molar-refractivity contribution < 1.29 is 0 Å². The number of aryl methyl sites for hydroxylation is 6. The van der Waals surface area contributed by atoms with Crippen molar-refractivity contribution in [2.75, 3.05) is 0 Å². The average Bonchev–Trinajstić information content (AvgIpc) is 3.61. The van der Waals surface area contributed by atoms with E-state index in [1.165, 1.54) is 100 Å². The molecule has 0 fully saturated rings. The van der Waals surface area contributed by atoms with Gasteiger partial charge in [-0.2, -0.15) is 0 Å². The molecule has 7 aromatic rings. The molecule has 9 rings (SSSR count). The van der Waals surface area contributed by atoms with Crippen LogP contribution in [-0.4, -0.2) is 0 Å². The van der Waals surface area contributed by atoms with Crippen molar-refractivity contribution in [3.8, 4) is 22.3 Å². The Kier molecular flexibility index (Phi) is 7.93. The predicted octanol–water partition coefficient (Wildman–Crippen LogP) is 13.2. The fourth-order valence-electron chi connectivity index (χ4n) is 9.75. The number of hydrogen-bond acceptors (Lipinski definition) is 0. The van der Waals surface area contributed by atoms with E-state index in [-0.39, 0.29) is 0 Å². The quantitative estimate of drug-likeness (QED) is 0.157. The first-order valence-electron chi connectivity index (χ1n) is 19.5. The number of hydrogen-bond donors (Lipinski definition) is 0. The molecule has 0 saturated heterocycles. The molecule has 260 valence electrons. The van der Waals surface area contributed by atoms with Gasteiger partial charge in [-0.25, -0.2) is 0 Å². The van der Waals surface area contributed by atoms with Crippen molar-refractivity contribution in [3.05, 3.63) is 223 Å². The maximum absolute atomic E-state index is 2.60. The van der Waals surface area contributed by atoms with Gasteiger partial charge in [-0.1, -0.05) is 176 Å². The van der Waals surface area contributed by atoms with Crippen LogP contribution in [-0.2, 0) is 23.7 Å². The van der Waals surface area contributed by atoms with E-state index in [1.54, 1.807) is 0 Å². The zero-order chi connectivity index (χ0) is 36.5. The van der Waals surface area contributed by atoms with Gasteiger partial charge in [-0.05, 0) is 131 Å². The molecule has 0 heterocycles. The first-order chi connectivity index (χ1) is 25.8. The SMILES string of the molecule is CCCc1ccc(C2(c3ccc(C)cc3)c3cc(C)ccc3-c3cc4c(cc32)-c2ccc(C)cc2C4(c2ccc(C)cc2)c2ccc(CC)cc2)cc1. The van der Waals surface area contributed by atoms with Gasteiger partial charge < -0.3 is 0 Å². The van der Waals surface area contributed by atoms with Crippen molar-refractivity contribution in [2.45, 2.75) is 71.6 Å². The first kappa shape index (κ1) is 33.4. The summed E-state index contributed by atoms with van der Waals surface area (Å²) in [6, 6.07) is 57.3. The molecule has 2 atom stereocenters. The van der Waals surface area contributed by atoms with Crippen LogP contribution in [0.2, 0.25) is 0 Å².